The first-order chi connectivity index (χ1) is 13.2. The summed E-state index contributed by atoms with van der Waals surface area (Å²) in [7, 11) is -2.41. The predicted octanol–water partition coefficient (Wildman–Crippen LogP) is 0.794. The van der Waals surface area contributed by atoms with Gasteiger partial charge in [-0.3, -0.25) is 4.79 Å². The molecule has 2 aromatic carbocycles. The number of amides is 1. The highest BCUT2D eigenvalue weighted by Crippen LogP contribution is 2.30. The molecule has 1 heterocycles. The molecule has 10 heteroatoms. The Kier molecular flexibility index (Phi) is 5.25. The number of nitrogens with two attached hydrogens (primary N) is 1. The molecule has 0 fully saturated rings. The summed E-state index contributed by atoms with van der Waals surface area (Å²) in [6, 6.07) is 8.33. The van der Waals surface area contributed by atoms with Crippen LogP contribution in [0.5, 0.6) is 11.5 Å². The number of phenols is 1. The third-order valence-electron chi connectivity index (χ3n) is 4.33. The van der Waals surface area contributed by atoms with Crippen molar-refractivity contribution in [1.29, 1.82) is 0 Å². The molecule has 0 aliphatic carbocycles. The largest absolute Gasteiger partial charge is 0.507 e. The van der Waals surface area contributed by atoms with Crippen molar-refractivity contribution in [1.82, 2.24) is 0 Å². The van der Waals surface area contributed by atoms with Gasteiger partial charge in [0.25, 0.3) is 5.91 Å². The van der Waals surface area contributed by atoms with Crippen molar-refractivity contribution in [2.24, 2.45) is 5.14 Å². The predicted molar refractivity (Wildman–Crippen MR) is 98.8 cm³/mol. The number of fused-ring (bicyclic) bond motifs is 1. The molecule has 9 nitrogen and oxygen atoms in total. The van der Waals surface area contributed by atoms with Crippen LogP contribution in [0.4, 0.5) is 5.69 Å². The van der Waals surface area contributed by atoms with E-state index in [1.54, 1.807) is 0 Å². The van der Waals surface area contributed by atoms with Crippen LogP contribution >= 0.6 is 0 Å². The van der Waals surface area contributed by atoms with Crippen LogP contribution < -0.4 is 14.8 Å². The lowest BCUT2D eigenvalue weighted by Gasteiger charge is -2.17. The van der Waals surface area contributed by atoms with Gasteiger partial charge < -0.3 is 19.5 Å². The SMILES string of the molecule is COc1ccc(C(=O)OCC(=O)N2CCc3cc(S(N)(=O)=O)ccc32)c(O)c1. The number of carbonyl (C=O) groups is 2. The van der Waals surface area contributed by atoms with E-state index in [4.69, 9.17) is 14.6 Å². The number of sulfonamides is 1. The average molecular weight is 406 g/mol. The average Bonchev–Trinajstić information content (AvgIpc) is 3.08. The van der Waals surface area contributed by atoms with Crippen molar-refractivity contribution in [3.8, 4) is 11.5 Å². The molecule has 0 saturated carbocycles. The molecule has 0 radical (unpaired) electrons. The minimum atomic E-state index is -3.83. The zero-order valence-electron chi connectivity index (χ0n) is 14.9. The van der Waals surface area contributed by atoms with E-state index in [9.17, 15) is 23.1 Å². The molecule has 1 amide bonds. The van der Waals surface area contributed by atoms with Crippen molar-refractivity contribution in [2.75, 3.05) is 25.2 Å². The number of esters is 1. The molecule has 1 aliphatic rings. The number of nitrogens with zero attached hydrogens (tertiary/aromatic N) is 1. The molecule has 3 rings (SSSR count). The van der Waals surface area contributed by atoms with Crippen molar-refractivity contribution in [3.63, 3.8) is 0 Å². The lowest BCUT2D eigenvalue weighted by Crippen LogP contribution is -2.33. The van der Waals surface area contributed by atoms with E-state index in [-0.39, 0.29) is 16.2 Å². The summed E-state index contributed by atoms with van der Waals surface area (Å²) in [6.07, 6.45) is 0.456. The van der Waals surface area contributed by atoms with E-state index in [0.29, 0.717) is 30.0 Å². The first-order valence-corrected chi connectivity index (χ1v) is 9.75. The number of aromatic hydroxyl groups is 1. The number of ether oxygens (including phenoxy) is 2. The third kappa shape index (κ3) is 3.92. The molecule has 0 saturated heterocycles. The first kappa shape index (κ1) is 19.6. The van der Waals surface area contributed by atoms with Crippen LogP contribution in [0.25, 0.3) is 0 Å². The van der Waals surface area contributed by atoms with Gasteiger partial charge in [0.1, 0.15) is 17.1 Å². The standard InChI is InChI=1S/C18H18N2O7S/c1-26-12-2-4-14(16(21)9-12)18(23)27-10-17(22)20-7-6-11-8-13(28(19,24)25)3-5-15(11)20/h2-5,8-9,21H,6-7,10H2,1H3,(H2,19,24,25). The summed E-state index contributed by atoms with van der Waals surface area (Å²) < 4.78 is 32.8. The molecule has 0 unspecified atom stereocenters. The van der Waals surface area contributed by atoms with E-state index in [0.717, 1.165) is 0 Å². The second-order valence-corrected chi connectivity index (χ2v) is 7.65. The number of hydrogen-bond donors (Lipinski definition) is 2. The van der Waals surface area contributed by atoms with E-state index >= 15 is 0 Å². The minimum absolute atomic E-state index is 0.0260. The Morgan fingerprint density at radius 1 is 1.21 bits per heavy atom. The fourth-order valence-corrected chi connectivity index (χ4v) is 3.47. The van der Waals surface area contributed by atoms with Gasteiger partial charge in [-0.2, -0.15) is 0 Å². The molecular formula is C18H18N2O7S. The first-order valence-electron chi connectivity index (χ1n) is 8.21. The smallest absolute Gasteiger partial charge is 0.342 e. The quantitative estimate of drug-likeness (QED) is 0.701. The van der Waals surface area contributed by atoms with Gasteiger partial charge in [-0.1, -0.05) is 0 Å². The van der Waals surface area contributed by atoms with Crippen LogP contribution in [0.1, 0.15) is 15.9 Å². The molecular weight excluding hydrogens is 388 g/mol. The van der Waals surface area contributed by atoms with Crippen molar-refractivity contribution in [3.05, 3.63) is 47.5 Å². The Balaban J connectivity index is 1.68. The molecule has 3 N–H and O–H groups in total. The Morgan fingerprint density at radius 2 is 1.96 bits per heavy atom. The number of methoxy groups -OCH3 is 1. The van der Waals surface area contributed by atoms with Crippen LogP contribution in [-0.2, 0) is 26.0 Å². The number of primary sulfonamides is 1. The molecule has 1 aliphatic heterocycles. The zero-order chi connectivity index (χ0) is 20.5. The fraction of sp³-hybridized carbons (Fsp3) is 0.222. The topological polar surface area (TPSA) is 136 Å². The number of rotatable bonds is 5. The lowest BCUT2D eigenvalue weighted by molar-refractivity contribution is -0.121. The highest BCUT2D eigenvalue weighted by Gasteiger charge is 2.27. The maximum absolute atomic E-state index is 12.4. The van der Waals surface area contributed by atoms with E-state index in [2.05, 4.69) is 0 Å². The molecule has 28 heavy (non-hydrogen) atoms. The Bertz CT molecular complexity index is 1050. The molecule has 0 spiro atoms. The van der Waals surface area contributed by atoms with Gasteiger partial charge in [0.2, 0.25) is 10.0 Å². The summed E-state index contributed by atoms with van der Waals surface area (Å²) in [4.78, 5) is 25.9. The van der Waals surface area contributed by atoms with Gasteiger partial charge >= 0.3 is 5.97 Å². The van der Waals surface area contributed by atoms with Crippen molar-refractivity contribution in [2.45, 2.75) is 11.3 Å². The van der Waals surface area contributed by atoms with Gasteiger partial charge in [-0.15, -0.1) is 0 Å². The zero-order valence-corrected chi connectivity index (χ0v) is 15.7. The summed E-state index contributed by atoms with van der Waals surface area (Å²) in [5.41, 5.74) is 1.12. The van der Waals surface area contributed by atoms with Gasteiger partial charge in [0, 0.05) is 18.3 Å². The number of phenolic OH excluding ortho intramolecular Hbond substituents is 1. The molecule has 2 aromatic rings. The van der Waals surface area contributed by atoms with E-state index < -0.39 is 28.5 Å². The Hall–Kier alpha value is -3.11. The van der Waals surface area contributed by atoms with Crippen LogP contribution in [0.3, 0.4) is 0 Å². The van der Waals surface area contributed by atoms with Crippen molar-refractivity contribution < 1.29 is 32.6 Å². The summed E-state index contributed by atoms with van der Waals surface area (Å²) in [5.74, 6) is -1.27. The second kappa shape index (κ2) is 7.49. The van der Waals surface area contributed by atoms with Crippen molar-refractivity contribution >= 4 is 27.6 Å². The van der Waals surface area contributed by atoms with E-state index in [1.165, 1.54) is 48.4 Å². The van der Waals surface area contributed by atoms with E-state index in [1.807, 2.05) is 0 Å². The lowest BCUT2D eigenvalue weighted by atomic mass is 10.2. The highest BCUT2D eigenvalue weighted by molar-refractivity contribution is 7.89. The summed E-state index contributed by atoms with van der Waals surface area (Å²) >= 11 is 0. The Morgan fingerprint density at radius 3 is 2.61 bits per heavy atom. The normalized spacial score (nSPS) is 13.1. The summed E-state index contributed by atoms with van der Waals surface area (Å²) in [6.45, 7) is -0.200. The van der Waals surface area contributed by atoms with Crippen LogP contribution in [-0.4, -0.2) is 45.7 Å². The Labute approximate surface area is 161 Å². The number of anilines is 1. The van der Waals surface area contributed by atoms with Gasteiger partial charge in [-0.25, -0.2) is 18.4 Å². The van der Waals surface area contributed by atoms with Crippen LogP contribution in [0, 0.1) is 0 Å². The monoisotopic (exact) mass is 406 g/mol. The third-order valence-corrected chi connectivity index (χ3v) is 5.24. The maximum atomic E-state index is 12.4. The molecule has 0 aromatic heterocycles. The molecule has 148 valence electrons. The minimum Gasteiger partial charge on any atom is -0.507 e. The fourth-order valence-electron chi connectivity index (χ4n) is 2.91. The van der Waals surface area contributed by atoms with Crippen LogP contribution in [0.2, 0.25) is 0 Å². The highest BCUT2D eigenvalue weighted by atomic mass is 32.2. The number of carbonyl (C=O) groups excluding carboxylic acids is 2. The second-order valence-electron chi connectivity index (χ2n) is 6.09. The van der Waals surface area contributed by atoms with Crippen LogP contribution in [0.15, 0.2) is 41.3 Å². The maximum Gasteiger partial charge on any atom is 0.342 e. The summed E-state index contributed by atoms with van der Waals surface area (Å²) in [5, 5.41) is 15.0. The number of hydrogen-bond acceptors (Lipinski definition) is 7. The molecule has 0 bridgehead atoms. The van der Waals surface area contributed by atoms with Gasteiger partial charge in [0.15, 0.2) is 6.61 Å². The van der Waals surface area contributed by atoms with Gasteiger partial charge in [-0.05, 0) is 42.3 Å². The molecule has 0 atom stereocenters. The number of benzene rings is 2. The van der Waals surface area contributed by atoms with Gasteiger partial charge in [0.05, 0.1) is 12.0 Å².